The SMILES string of the molecule is COc1ccccc1-c1nnc(S[C@@H](C)C(=O)Nc2ccc3c(c2)OCO3)n1C. The number of methoxy groups -OCH3 is 1. The number of para-hydroxylation sites is 1. The molecule has 1 aliphatic rings. The summed E-state index contributed by atoms with van der Waals surface area (Å²) in [4.78, 5) is 12.6. The highest BCUT2D eigenvalue weighted by atomic mass is 32.2. The molecule has 0 saturated carbocycles. The van der Waals surface area contributed by atoms with Gasteiger partial charge in [0.2, 0.25) is 12.7 Å². The van der Waals surface area contributed by atoms with E-state index in [2.05, 4.69) is 15.5 Å². The number of carbonyl (C=O) groups excluding carboxylic acids is 1. The third kappa shape index (κ3) is 3.86. The monoisotopic (exact) mass is 412 g/mol. The van der Waals surface area contributed by atoms with Crippen molar-refractivity contribution >= 4 is 23.4 Å². The van der Waals surface area contributed by atoms with Crippen LogP contribution in [0.15, 0.2) is 47.6 Å². The fourth-order valence-corrected chi connectivity index (χ4v) is 3.73. The maximum atomic E-state index is 12.6. The molecule has 29 heavy (non-hydrogen) atoms. The predicted molar refractivity (Wildman–Crippen MR) is 110 cm³/mol. The molecule has 1 N–H and O–H groups in total. The average molecular weight is 412 g/mol. The maximum absolute atomic E-state index is 12.6. The van der Waals surface area contributed by atoms with Gasteiger partial charge in [0.05, 0.1) is 17.9 Å². The zero-order valence-corrected chi connectivity index (χ0v) is 17.0. The first-order chi connectivity index (χ1) is 14.1. The normalized spacial score (nSPS) is 13.2. The molecule has 0 bridgehead atoms. The lowest BCUT2D eigenvalue weighted by atomic mass is 10.2. The lowest BCUT2D eigenvalue weighted by Gasteiger charge is -2.12. The van der Waals surface area contributed by atoms with Crippen molar-refractivity contribution < 1.29 is 19.0 Å². The van der Waals surface area contributed by atoms with Gasteiger partial charge in [-0.15, -0.1) is 10.2 Å². The van der Waals surface area contributed by atoms with Crippen LogP contribution in [0.3, 0.4) is 0 Å². The summed E-state index contributed by atoms with van der Waals surface area (Å²) in [6.07, 6.45) is 0. The molecule has 0 unspecified atom stereocenters. The third-order valence-corrected chi connectivity index (χ3v) is 5.61. The van der Waals surface area contributed by atoms with Crippen molar-refractivity contribution in [1.29, 1.82) is 0 Å². The lowest BCUT2D eigenvalue weighted by molar-refractivity contribution is -0.115. The molecule has 1 aromatic heterocycles. The van der Waals surface area contributed by atoms with Crippen LogP contribution in [0.5, 0.6) is 17.2 Å². The van der Waals surface area contributed by atoms with Crippen LogP contribution >= 0.6 is 11.8 Å². The van der Waals surface area contributed by atoms with Crippen LogP contribution < -0.4 is 19.5 Å². The van der Waals surface area contributed by atoms with E-state index in [1.807, 2.05) is 42.8 Å². The minimum atomic E-state index is -0.381. The molecular formula is C20H20N4O4S. The number of nitrogens with one attached hydrogen (secondary N) is 1. The third-order valence-electron chi connectivity index (χ3n) is 4.47. The Bertz CT molecular complexity index is 1050. The number of hydrogen-bond donors (Lipinski definition) is 1. The van der Waals surface area contributed by atoms with Crippen molar-refractivity contribution in [2.75, 3.05) is 19.2 Å². The van der Waals surface area contributed by atoms with E-state index < -0.39 is 0 Å². The molecule has 0 spiro atoms. The van der Waals surface area contributed by atoms with Crippen molar-refractivity contribution in [3.05, 3.63) is 42.5 Å². The Morgan fingerprint density at radius 1 is 1.21 bits per heavy atom. The average Bonchev–Trinajstić information content (AvgIpc) is 3.34. The summed E-state index contributed by atoms with van der Waals surface area (Å²) in [7, 11) is 3.49. The summed E-state index contributed by atoms with van der Waals surface area (Å²) in [5.41, 5.74) is 1.49. The Labute approximate surface area is 172 Å². The number of anilines is 1. The second kappa shape index (κ2) is 8.04. The molecule has 3 aromatic rings. The number of aromatic nitrogens is 3. The molecule has 8 nitrogen and oxygen atoms in total. The summed E-state index contributed by atoms with van der Waals surface area (Å²) >= 11 is 1.33. The van der Waals surface area contributed by atoms with Gasteiger partial charge in [0.25, 0.3) is 0 Å². The number of amides is 1. The van der Waals surface area contributed by atoms with Gasteiger partial charge in [0, 0.05) is 18.8 Å². The minimum Gasteiger partial charge on any atom is -0.496 e. The first kappa shape index (κ1) is 19.1. The Morgan fingerprint density at radius 3 is 2.83 bits per heavy atom. The predicted octanol–water partition coefficient (Wildman–Crippen LogP) is 3.34. The fourth-order valence-electron chi connectivity index (χ4n) is 2.91. The van der Waals surface area contributed by atoms with Crippen molar-refractivity contribution in [3.8, 4) is 28.6 Å². The molecule has 4 rings (SSSR count). The summed E-state index contributed by atoms with van der Waals surface area (Å²) < 4.78 is 17.9. The number of thioether (sulfide) groups is 1. The van der Waals surface area contributed by atoms with E-state index >= 15 is 0 Å². The van der Waals surface area contributed by atoms with Gasteiger partial charge in [-0.3, -0.25) is 4.79 Å². The van der Waals surface area contributed by atoms with E-state index in [-0.39, 0.29) is 18.0 Å². The van der Waals surface area contributed by atoms with Crippen molar-refractivity contribution in [3.63, 3.8) is 0 Å². The number of rotatable bonds is 6. The van der Waals surface area contributed by atoms with Crippen LogP contribution in [0, 0.1) is 0 Å². The number of benzene rings is 2. The maximum Gasteiger partial charge on any atom is 0.237 e. The van der Waals surface area contributed by atoms with E-state index in [0.717, 1.165) is 5.56 Å². The van der Waals surface area contributed by atoms with E-state index in [1.54, 1.807) is 25.3 Å². The molecule has 1 atom stereocenters. The molecule has 1 aliphatic heterocycles. The number of fused-ring (bicyclic) bond motifs is 1. The Kier molecular flexibility index (Phi) is 5.30. The van der Waals surface area contributed by atoms with Crippen LogP contribution in [0.2, 0.25) is 0 Å². The Balaban J connectivity index is 1.46. The number of carbonyl (C=O) groups is 1. The topological polar surface area (TPSA) is 87.5 Å². The van der Waals surface area contributed by atoms with E-state index in [9.17, 15) is 4.79 Å². The summed E-state index contributed by atoms with van der Waals surface area (Å²) in [5, 5.41) is 11.7. The highest BCUT2D eigenvalue weighted by Crippen LogP contribution is 2.35. The molecule has 0 saturated heterocycles. The zero-order valence-electron chi connectivity index (χ0n) is 16.2. The molecule has 0 fully saturated rings. The highest BCUT2D eigenvalue weighted by molar-refractivity contribution is 8.00. The van der Waals surface area contributed by atoms with E-state index in [1.165, 1.54) is 11.8 Å². The van der Waals surface area contributed by atoms with Crippen LogP contribution in [-0.4, -0.2) is 39.8 Å². The molecule has 1 amide bonds. The van der Waals surface area contributed by atoms with Gasteiger partial charge in [0.15, 0.2) is 22.5 Å². The van der Waals surface area contributed by atoms with Gasteiger partial charge >= 0.3 is 0 Å². The van der Waals surface area contributed by atoms with Gasteiger partial charge in [0.1, 0.15) is 5.75 Å². The quantitative estimate of drug-likeness (QED) is 0.621. The van der Waals surface area contributed by atoms with Crippen LogP contribution in [0.25, 0.3) is 11.4 Å². The molecular weight excluding hydrogens is 392 g/mol. The number of ether oxygens (including phenoxy) is 3. The highest BCUT2D eigenvalue weighted by Gasteiger charge is 2.21. The van der Waals surface area contributed by atoms with Gasteiger partial charge in [-0.25, -0.2) is 0 Å². The first-order valence-corrected chi connectivity index (χ1v) is 9.84. The lowest BCUT2D eigenvalue weighted by Crippen LogP contribution is -2.22. The molecule has 2 aromatic carbocycles. The summed E-state index contributed by atoms with van der Waals surface area (Å²) in [6, 6.07) is 12.9. The van der Waals surface area contributed by atoms with Gasteiger partial charge in [-0.1, -0.05) is 23.9 Å². The van der Waals surface area contributed by atoms with Gasteiger partial charge in [-0.2, -0.15) is 0 Å². The first-order valence-electron chi connectivity index (χ1n) is 8.96. The smallest absolute Gasteiger partial charge is 0.237 e. The number of nitrogens with zero attached hydrogens (tertiary/aromatic N) is 3. The standard InChI is InChI=1S/C20H20N4O4S/c1-12(19(25)21-13-8-9-16-17(10-13)28-11-27-16)29-20-23-22-18(24(20)2)14-6-4-5-7-15(14)26-3/h4-10,12H,11H2,1-3H3,(H,21,25)/t12-/m0/s1. The van der Waals surface area contributed by atoms with Crippen LogP contribution in [0.1, 0.15) is 6.92 Å². The fraction of sp³-hybridized carbons (Fsp3) is 0.250. The van der Waals surface area contributed by atoms with Crippen molar-refractivity contribution in [2.45, 2.75) is 17.3 Å². The van der Waals surface area contributed by atoms with Crippen molar-refractivity contribution in [2.24, 2.45) is 7.05 Å². The molecule has 0 aliphatic carbocycles. The Hall–Kier alpha value is -3.20. The van der Waals surface area contributed by atoms with Gasteiger partial charge in [-0.05, 0) is 31.2 Å². The molecule has 9 heteroatoms. The summed E-state index contributed by atoms with van der Waals surface area (Å²) in [6.45, 7) is 2.02. The second-order valence-corrected chi connectivity index (χ2v) is 7.69. The van der Waals surface area contributed by atoms with Crippen molar-refractivity contribution in [1.82, 2.24) is 14.8 Å². The zero-order chi connectivity index (χ0) is 20.4. The van der Waals surface area contributed by atoms with Crippen LogP contribution in [-0.2, 0) is 11.8 Å². The summed E-state index contributed by atoms with van der Waals surface area (Å²) in [5.74, 6) is 2.54. The molecule has 150 valence electrons. The number of hydrogen-bond acceptors (Lipinski definition) is 7. The van der Waals surface area contributed by atoms with E-state index in [0.29, 0.717) is 33.9 Å². The van der Waals surface area contributed by atoms with Crippen LogP contribution in [0.4, 0.5) is 5.69 Å². The largest absolute Gasteiger partial charge is 0.496 e. The molecule has 0 radical (unpaired) electrons. The second-order valence-electron chi connectivity index (χ2n) is 6.38. The Morgan fingerprint density at radius 2 is 2.00 bits per heavy atom. The minimum absolute atomic E-state index is 0.143. The van der Waals surface area contributed by atoms with E-state index in [4.69, 9.17) is 14.2 Å². The van der Waals surface area contributed by atoms with Gasteiger partial charge < -0.3 is 24.1 Å². The molecule has 2 heterocycles.